The van der Waals surface area contributed by atoms with E-state index in [-0.39, 0.29) is 0 Å². The first-order chi connectivity index (χ1) is 8.24. The molecule has 4 nitrogen and oxygen atoms in total. The summed E-state index contributed by atoms with van der Waals surface area (Å²) in [4.78, 5) is 11.1. The van der Waals surface area contributed by atoms with E-state index >= 15 is 0 Å². The van der Waals surface area contributed by atoms with Gasteiger partial charge in [0.25, 0.3) is 0 Å². The lowest BCUT2D eigenvalue weighted by molar-refractivity contribution is 0.394. The van der Waals surface area contributed by atoms with Crippen LogP contribution in [0.1, 0.15) is 25.1 Å². The van der Waals surface area contributed by atoms with Gasteiger partial charge < -0.3 is 9.64 Å². The Bertz CT molecular complexity index is 386. The second-order valence-corrected chi connectivity index (χ2v) is 4.96. The zero-order valence-corrected chi connectivity index (χ0v) is 11.9. The first-order valence-electron chi connectivity index (χ1n) is 5.97. The zero-order chi connectivity index (χ0) is 12.3. The van der Waals surface area contributed by atoms with E-state index in [9.17, 15) is 0 Å². The van der Waals surface area contributed by atoms with Crippen LogP contribution in [-0.2, 0) is 0 Å². The van der Waals surface area contributed by atoms with Gasteiger partial charge in [0.15, 0.2) is 0 Å². The molecule has 5 heteroatoms. The number of rotatable bonds is 3. The van der Waals surface area contributed by atoms with Crippen molar-refractivity contribution in [3.63, 3.8) is 0 Å². The minimum Gasteiger partial charge on any atom is -0.481 e. The molecule has 1 fully saturated rings. The molecular formula is C12H18BrN3O. The summed E-state index contributed by atoms with van der Waals surface area (Å²) in [5.74, 6) is 2.39. The van der Waals surface area contributed by atoms with Crippen molar-refractivity contribution in [1.29, 1.82) is 0 Å². The number of nitrogens with zero attached hydrogens (tertiary/aromatic N) is 3. The van der Waals surface area contributed by atoms with Gasteiger partial charge in [-0.15, -0.1) is 0 Å². The van der Waals surface area contributed by atoms with Gasteiger partial charge in [-0.1, -0.05) is 15.9 Å². The van der Waals surface area contributed by atoms with Crippen LogP contribution in [0.25, 0.3) is 0 Å². The molecule has 1 aromatic rings. The van der Waals surface area contributed by atoms with Crippen LogP contribution in [0.2, 0.25) is 0 Å². The van der Waals surface area contributed by atoms with E-state index in [2.05, 4.69) is 30.8 Å². The summed E-state index contributed by atoms with van der Waals surface area (Å²) in [7, 11) is 1.64. The number of ether oxygens (including phenoxy) is 1. The van der Waals surface area contributed by atoms with Gasteiger partial charge >= 0.3 is 0 Å². The average Bonchev–Trinajstić information content (AvgIpc) is 2.37. The lowest BCUT2D eigenvalue weighted by Gasteiger charge is -2.35. The van der Waals surface area contributed by atoms with E-state index < -0.39 is 0 Å². The number of anilines is 1. The topological polar surface area (TPSA) is 38.2 Å². The molecule has 0 bridgehead atoms. The molecule has 1 aliphatic rings. The number of methoxy groups -OCH3 is 1. The van der Waals surface area contributed by atoms with Gasteiger partial charge in [-0.05, 0) is 26.2 Å². The molecule has 0 amide bonds. The average molecular weight is 300 g/mol. The Morgan fingerprint density at radius 1 is 1.47 bits per heavy atom. The van der Waals surface area contributed by atoms with Gasteiger partial charge in [0.2, 0.25) is 5.88 Å². The van der Waals surface area contributed by atoms with E-state index in [1.807, 2.05) is 13.0 Å². The molecule has 0 spiro atoms. The van der Waals surface area contributed by atoms with E-state index in [4.69, 9.17) is 4.74 Å². The van der Waals surface area contributed by atoms with Crippen LogP contribution in [0.4, 0.5) is 5.82 Å². The van der Waals surface area contributed by atoms with Crippen molar-refractivity contribution in [2.75, 3.05) is 23.9 Å². The molecule has 94 valence electrons. The van der Waals surface area contributed by atoms with Crippen LogP contribution >= 0.6 is 15.9 Å². The lowest BCUT2D eigenvalue weighted by atomic mass is 10.0. The number of aryl methyl sites for hydroxylation is 1. The van der Waals surface area contributed by atoms with Crippen molar-refractivity contribution in [1.82, 2.24) is 9.97 Å². The van der Waals surface area contributed by atoms with Crippen molar-refractivity contribution in [2.45, 2.75) is 32.2 Å². The Balaban J connectivity index is 2.27. The van der Waals surface area contributed by atoms with Crippen LogP contribution < -0.4 is 9.64 Å². The standard InChI is InChI=1S/C12H18BrN3O/c1-9-14-11(7-12(15-9)17-2)16-6-4-3-5-10(16)8-13/h7,10H,3-6,8H2,1-2H3. The predicted molar refractivity (Wildman–Crippen MR) is 72.1 cm³/mol. The van der Waals surface area contributed by atoms with Gasteiger partial charge in [-0.3, -0.25) is 0 Å². The second-order valence-electron chi connectivity index (χ2n) is 4.31. The molecule has 1 unspecified atom stereocenters. The van der Waals surface area contributed by atoms with Crippen LogP contribution in [0.15, 0.2) is 6.07 Å². The first kappa shape index (κ1) is 12.6. The molecular weight excluding hydrogens is 282 g/mol. The van der Waals surface area contributed by atoms with E-state index in [1.54, 1.807) is 7.11 Å². The molecule has 17 heavy (non-hydrogen) atoms. The molecule has 2 rings (SSSR count). The van der Waals surface area contributed by atoms with E-state index in [0.29, 0.717) is 11.9 Å². The van der Waals surface area contributed by atoms with Crippen molar-refractivity contribution >= 4 is 21.7 Å². The molecule has 0 aromatic carbocycles. The highest BCUT2D eigenvalue weighted by molar-refractivity contribution is 9.09. The monoisotopic (exact) mass is 299 g/mol. The molecule has 2 heterocycles. The zero-order valence-electron chi connectivity index (χ0n) is 10.3. The fraction of sp³-hybridized carbons (Fsp3) is 0.667. The Morgan fingerprint density at radius 3 is 3.00 bits per heavy atom. The first-order valence-corrected chi connectivity index (χ1v) is 7.09. The largest absolute Gasteiger partial charge is 0.481 e. The van der Waals surface area contributed by atoms with Crippen molar-refractivity contribution in [3.05, 3.63) is 11.9 Å². The number of piperidine rings is 1. The Kier molecular flexibility index (Phi) is 4.20. The number of hydrogen-bond donors (Lipinski definition) is 0. The number of aromatic nitrogens is 2. The van der Waals surface area contributed by atoms with Crippen LogP contribution in [0, 0.1) is 6.92 Å². The Hall–Kier alpha value is -0.840. The molecule has 0 aliphatic carbocycles. The maximum atomic E-state index is 5.21. The molecule has 1 saturated heterocycles. The molecule has 0 N–H and O–H groups in total. The van der Waals surface area contributed by atoms with Gasteiger partial charge in [-0.25, -0.2) is 4.98 Å². The number of alkyl halides is 1. The smallest absolute Gasteiger partial charge is 0.218 e. The molecule has 1 atom stereocenters. The summed E-state index contributed by atoms with van der Waals surface area (Å²) >= 11 is 3.59. The van der Waals surface area contributed by atoms with E-state index in [1.165, 1.54) is 19.3 Å². The van der Waals surface area contributed by atoms with Gasteiger partial charge in [-0.2, -0.15) is 4.98 Å². The summed E-state index contributed by atoms with van der Waals surface area (Å²) in [6, 6.07) is 2.45. The molecule has 0 radical (unpaired) electrons. The molecule has 0 saturated carbocycles. The summed E-state index contributed by atoms with van der Waals surface area (Å²) in [5, 5.41) is 0.984. The Morgan fingerprint density at radius 2 is 2.29 bits per heavy atom. The van der Waals surface area contributed by atoms with Gasteiger partial charge in [0, 0.05) is 24.0 Å². The van der Waals surface area contributed by atoms with Gasteiger partial charge in [0.05, 0.1) is 7.11 Å². The third-order valence-electron chi connectivity index (χ3n) is 3.11. The third kappa shape index (κ3) is 2.89. The SMILES string of the molecule is COc1cc(N2CCCCC2CBr)nc(C)n1. The molecule has 1 aliphatic heterocycles. The van der Waals surface area contributed by atoms with Crippen LogP contribution in [0.5, 0.6) is 5.88 Å². The Labute approximate surface area is 111 Å². The predicted octanol–water partition coefficient (Wildman–Crippen LogP) is 2.55. The summed E-state index contributed by atoms with van der Waals surface area (Å²) in [6.07, 6.45) is 3.75. The minimum absolute atomic E-state index is 0.530. The summed E-state index contributed by atoms with van der Waals surface area (Å²) in [5.41, 5.74) is 0. The maximum Gasteiger partial charge on any atom is 0.218 e. The third-order valence-corrected chi connectivity index (χ3v) is 3.86. The summed E-state index contributed by atoms with van der Waals surface area (Å²) < 4.78 is 5.21. The fourth-order valence-electron chi connectivity index (χ4n) is 2.24. The van der Waals surface area contributed by atoms with Crippen molar-refractivity contribution < 1.29 is 4.74 Å². The van der Waals surface area contributed by atoms with E-state index in [0.717, 1.165) is 23.5 Å². The number of halogens is 1. The van der Waals surface area contributed by atoms with Crippen molar-refractivity contribution in [2.24, 2.45) is 0 Å². The minimum atomic E-state index is 0.530. The highest BCUT2D eigenvalue weighted by Gasteiger charge is 2.23. The van der Waals surface area contributed by atoms with Gasteiger partial charge in [0.1, 0.15) is 11.6 Å². The highest BCUT2D eigenvalue weighted by Crippen LogP contribution is 2.26. The number of hydrogen-bond acceptors (Lipinski definition) is 4. The normalized spacial score (nSPS) is 20.4. The fourth-order valence-corrected chi connectivity index (χ4v) is 2.91. The lowest BCUT2D eigenvalue weighted by Crippen LogP contribution is -2.41. The van der Waals surface area contributed by atoms with Crippen LogP contribution in [-0.4, -0.2) is 35.0 Å². The molecule has 1 aromatic heterocycles. The quantitative estimate of drug-likeness (QED) is 0.804. The van der Waals surface area contributed by atoms with Crippen molar-refractivity contribution in [3.8, 4) is 5.88 Å². The highest BCUT2D eigenvalue weighted by atomic mass is 79.9. The second kappa shape index (κ2) is 5.67. The van der Waals surface area contributed by atoms with Crippen LogP contribution in [0.3, 0.4) is 0 Å². The maximum absolute atomic E-state index is 5.21. The summed E-state index contributed by atoms with van der Waals surface area (Å²) in [6.45, 7) is 2.97.